The zero-order valence-electron chi connectivity index (χ0n) is 3.87. The Kier molecular flexibility index (Phi) is 0.341. The molecule has 5 rings (SSSR count). The van der Waals surface area contributed by atoms with Crippen LogP contribution in [0.2, 0.25) is 0 Å². The molecule has 1 heteroatoms. The van der Waals surface area contributed by atoms with Gasteiger partial charge in [-0.15, -0.1) is 0 Å². The molecule has 1 fully saturated rings. The molecule has 0 N–H and O–H groups in total. The van der Waals surface area contributed by atoms with Crippen molar-refractivity contribution >= 4 is 19.8 Å². The number of hydrogen-bond donors (Lipinski definition) is 0. The standard InChI is InChI=1S/C6H5I/c1-4-2-7-3-5(4)6(1)7/h1H,2-3H2. The second kappa shape index (κ2) is 0.729. The van der Waals surface area contributed by atoms with Gasteiger partial charge < -0.3 is 0 Å². The number of halogens is 1. The quantitative estimate of drug-likeness (QED) is 0.416. The third kappa shape index (κ3) is 0.188. The zero-order valence-corrected chi connectivity index (χ0v) is 6.03. The van der Waals surface area contributed by atoms with Gasteiger partial charge in [-0.25, -0.2) is 0 Å². The third-order valence-corrected chi connectivity index (χ3v) is 7.90. The van der Waals surface area contributed by atoms with Crippen molar-refractivity contribution in [2.45, 2.75) is 0 Å². The van der Waals surface area contributed by atoms with Gasteiger partial charge in [0, 0.05) is 0 Å². The second-order valence-electron chi connectivity index (χ2n) is 2.22. The van der Waals surface area contributed by atoms with Crippen molar-refractivity contribution in [2.75, 3.05) is 8.86 Å². The number of rotatable bonds is 0. The molecule has 4 bridgehead atoms. The predicted molar refractivity (Wildman–Crippen MR) is 38.9 cm³/mol. The van der Waals surface area contributed by atoms with Crippen molar-refractivity contribution in [3.8, 4) is 0 Å². The molecule has 1 saturated heterocycles. The number of hydrogen-bond acceptors (Lipinski definition) is 0. The molecule has 0 atom stereocenters. The zero-order chi connectivity index (χ0) is 4.43. The molecule has 0 saturated carbocycles. The van der Waals surface area contributed by atoms with Gasteiger partial charge in [0.1, 0.15) is 0 Å². The van der Waals surface area contributed by atoms with Crippen molar-refractivity contribution < 1.29 is 0 Å². The molecule has 4 heterocycles. The van der Waals surface area contributed by atoms with E-state index in [2.05, 4.69) is 6.08 Å². The van der Waals surface area contributed by atoms with Crippen LogP contribution in [0.25, 0.3) is 0 Å². The van der Waals surface area contributed by atoms with Crippen LogP contribution in [-0.2, 0) is 0 Å². The normalized spacial score (nSPS) is 34.9. The molecule has 5 aliphatic rings. The molecule has 36 valence electrons. The fourth-order valence-electron chi connectivity index (χ4n) is 1.36. The number of alkyl halides is 2. The van der Waals surface area contributed by atoms with Crippen LogP contribution in [0.15, 0.2) is 20.8 Å². The Morgan fingerprint density at radius 3 is 2.57 bits per heavy atom. The summed E-state index contributed by atoms with van der Waals surface area (Å²) in [6.07, 6.45) is 2.43. The van der Waals surface area contributed by atoms with E-state index in [1.807, 2.05) is 3.58 Å². The molecule has 0 aromatic rings. The summed E-state index contributed by atoms with van der Waals surface area (Å²) in [5.74, 6) is 0. The summed E-state index contributed by atoms with van der Waals surface area (Å²) in [5.41, 5.74) is 3.55. The van der Waals surface area contributed by atoms with E-state index in [0.29, 0.717) is 0 Å². The van der Waals surface area contributed by atoms with Crippen LogP contribution >= 0.6 is 19.8 Å². The molecule has 0 aromatic carbocycles. The molecule has 0 nitrogen and oxygen atoms in total. The monoisotopic (exact) mass is 204 g/mol. The summed E-state index contributed by atoms with van der Waals surface area (Å²) in [6.45, 7) is 0. The second-order valence-corrected chi connectivity index (χ2v) is 7.51. The molecule has 0 spiro atoms. The fraction of sp³-hybridized carbons (Fsp3) is 0.333. The van der Waals surface area contributed by atoms with E-state index < -0.39 is 0 Å². The summed E-state index contributed by atoms with van der Waals surface area (Å²) in [4.78, 5) is 0. The number of allylic oxidation sites excluding steroid dienone is 4. The minimum atomic E-state index is -0.287. The van der Waals surface area contributed by atoms with Crippen molar-refractivity contribution in [3.05, 3.63) is 20.8 Å². The third-order valence-electron chi connectivity index (χ3n) is 1.87. The van der Waals surface area contributed by atoms with E-state index in [1.54, 1.807) is 20.0 Å². The van der Waals surface area contributed by atoms with E-state index in [0.717, 1.165) is 0 Å². The van der Waals surface area contributed by atoms with Gasteiger partial charge in [0.05, 0.1) is 0 Å². The molecule has 1 aliphatic carbocycles. The van der Waals surface area contributed by atoms with Gasteiger partial charge in [0.25, 0.3) is 0 Å². The van der Waals surface area contributed by atoms with E-state index >= 15 is 0 Å². The van der Waals surface area contributed by atoms with Gasteiger partial charge in [0.2, 0.25) is 0 Å². The van der Waals surface area contributed by atoms with Gasteiger partial charge >= 0.3 is 49.5 Å². The van der Waals surface area contributed by atoms with Crippen LogP contribution in [0, 0.1) is 0 Å². The molecule has 7 heavy (non-hydrogen) atoms. The Balaban J connectivity index is 2.42. The van der Waals surface area contributed by atoms with Crippen LogP contribution in [0.4, 0.5) is 0 Å². The van der Waals surface area contributed by atoms with E-state index in [-0.39, 0.29) is 19.8 Å². The fourth-order valence-corrected chi connectivity index (χ4v) is 7.57. The van der Waals surface area contributed by atoms with Crippen molar-refractivity contribution in [2.24, 2.45) is 0 Å². The van der Waals surface area contributed by atoms with Gasteiger partial charge in [0.15, 0.2) is 0 Å². The van der Waals surface area contributed by atoms with Crippen molar-refractivity contribution in [1.82, 2.24) is 0 Å². The van der Waals surface area contributed by atoms with Gasteiger partial charge in [-0.05, 0) is 0 Å². The molecule has 0 radical (unpaired) electrons. The molecular formula is C6H5I. The summed E-state index contributed by atoms with van der Waals surface area (Å²) in [5, 5.41) is 0. The van der Waals surface area contributed by atoms with Crippen LogP contribution < -0.4 is 0 Å². The Morgan fingerprint density at radius 1 is 1.43 bits per heavy atom. The van der Waals surface area contributed by atoms with Gasteiger partial charge in [-0.1, -0.05) is 0 Å². The average molecular weight is 204 g/mol. The molecule has 0 aromatic heterocycles. The van der Waals surface area contributed by atoms with Crippen LogP contribution in [0.5, 0.6) is 0 Å². The first-order valence-electron chi connectivity index (χ1n) is 2.51. The van der Waals surface area contributed by atoms with Crippen molar-refractivity contribution in [1.29, 1.82) is 0 Å². The predicted octanol–water partition coefficient (Wildman–Crippen LogP) is 1.71. The molecule has 0 unspecified atom stereocenters. The molecule has 4 aliphatic heterocycles. The van der Waals surface area contributed by atoms with Crippen LogP contribution in [0.3, 0.4) is 0 Å². The maximum absolute atomic E-state index is 2.43. The van der Waals surface area contributed by atoms with E-state index in [1.165, 1.54) is 0 Å². The Morgan fingerprint density at radius 2 is 2.43 bits per heavy atom. The van der Waals surface area contributed by atoms with Crippen LogP contribution in [0.1, 0.15) is 0 Å². The SMILES string of the molecule is C1=C2CI3CC2=C13. The first kappa shape index (κ1) is 3.28. The van der Waals surface area contributed by atoms with Crippen LogP contribution in [-0.4, -0.2) is 8.86 Å². The molecular weight excluding hydrogens is 199 g/mol. The van der Waals surface area contributed by atoms with Gasteiger partial charge in [-0.2, -0.15) is 0 Å². The van der Waals surface area contributed by atoms with Crippen molar-refractivity contribution in [3.63, 3.8) is 0 Å². The summed E-state index contributed by atoms with van der Waals surface area (Å²) in [6, 6.07) is 0. The summed E-state index contributed by atoms with van der Waals surface area (Å²) >= 11 is -0.287. The maximum atomic E-state index is 2.43. The first-order chi connectivity index (χ1) is 3.45. The Hall–Kier alpha value is 0.210. The summed E-state index contributed by atoms with van der Waals surface area (Å²) < 4.78 is 5.01. The first-order valence-corrected chi connectivity index (χ1v) is 6.64. The Labute approximate surface area is 49.7 Å². The summed E-state index contributed by atoms with van der Waals surface area (Å²) in [7, 11) is 0. The van der Waals surface area contributed by atoms with Gasteiger partial charge in [-0.3, -0.25) is 0 Å². The average Bonchev–Trinajstić information content (AvgIpc) is 2.14. The van der Waals surface area contributed by atoms with E-state index in [9.17, 15) is 0 Å². The Bertz CT molecular complexity index is 210. The topological polar surface area (TPSA) is 0 Å². The minimum absolute atomic E-state index is 0.287. The molecule has 0 amide bonds. The van der Waals surface area contributed by atoms with E-state index in [4.69, 9.17) is 0 Å².